The summed E-state index contributed by atoms with van der Waals surface area (Å²) in [5, 5.41) is 0.586. The number of hydrogen-bond donors (Lipinski definition) is 0. The minimum Gasteiger partial charge on any atom is -0.466 e. The predicted molar refractivity (Wildman–Crippen MR) is 59.3 cm³/mol. The quantitative estimate of drug-likeness (QED) is 0.768. The molecule has 0 unspecified atom stereocenters. The second kappa shape index (κ2) is 4.86. The molecule has 0 saturated carbocycles. The molecule has 16 heavy (non-hydrogen) atoms. The van der Waals surface area contributed by atoms with Crippen molar-refractivity contribution in [2.45, 2.75) is 6.61 Å². The Labute approximate surface area is 97.6 Å². The molecule has 2 aromatic rings. The number of furan rings is 1. The van der Waals surface area contributed by atoms with E-state index in [2.05, 4.69) is 0 Å². The van der Waals surface area contributed by atoms with Gasteiger partial charge in [0, 0.05) is 5.02 Å². The second-order valence-electron chi connectivity index (χ2n) is 3.16. The Morgan fingerprint density at radius 1 is 1.25 bits per heavy atom. The zero-order chi connectivity index (χ0) is 11.4. The molecule has 0 amide bonds. The topological polar surface area (TPSA) is 39.4 Å². The van der Waals surface area contributed by atoms with E-state index in [1.165, 1.54) is 6.26 Å². The molecule has 0 fully saturated rings. The summed E-state index contributed by atoms with van der Waals surface area (Å²) in [6.45, 7) is 0.133. The largest absolute Gasteiger partial charge is 0.466 e. The van der Waals surface area contributed by atoms with Crippen molar-refractivity contribution >= 4 is 17.6 Å². The molecule has 1 aromatic carbocycles. The van der Waals surface area contributed by atoms with Crippen LogP contribution in [0.25, 0.3) is 0 Å². The lowest BCUT2D eigenvalue weighted by molar-refractivity contribution is 0.0445. The van der Waals surface area contributed by atoms with Crippen LogP contribution in [0.3, 0.4) is 0 Å². The first kappa shape index (κ1) is 10.8. The lowest BCUT2D eigenvalue weighted by atomic mass is 10.2. The number of hydrogen-bond acceptors (Lipinski definition) is 3. The molecule has 0 aliphatic heterocycles. The standard InChI is InChI=1S/C12H9ClO3/c13-10-5-3-9(4-6-10)12(14)16-8-11-2-1-7-15-11/h1-7H,8H2. The van der Waals surface area contributed by atoms with Gasteiger partial charge >= 0.3 is 5.97 Å². The summed E-state index contributed by atoms with van der Waals surface area (Å²) in [5.41, 5.74) is 0.468. The van der Waals surface area contributed by atoms with Crippen molar-refractivity contribution in [3.05, 3.63) is 59.0 Å². The Morgan fingerprint density at radius 3 is 2.62 bits per heavy atom. The minimum absolute atomic E-state index is 0.133. The summed E-state index contributed by atoms with van der Waals surface area (Å²) in [6, 6.07) is 10.0. The maximum absolute atomic E-state index is 11.5. The van der Waals surface area contributed by atoms with Crippen LogP contribution in [-0.2, 0) is 11.3 Å². The number of carbonyl (C=O) groups is 1. The van der Waals surface area contributed by atoms with Gasteiger partial charge in [-0.05, 0) is 36.4 Å². The summed E-state index contributed by atoms with van der Waals surface area (Å²) in [4.78, 5) is 11.5. The van der Waals surface area contributed by atoms with Crippen molar-refractivity contribution in [3.8, 4) is 0 Å². The lowest BCUT2D eigenvalue weighted by Crippen LogP contribution is -2.04. The van der Waals surface area contributed by atoms with Crippen LogP contribution in [0.15, 0.2) is 47.1 Å². The summed E-state index contributed by atoms with van der Waals surface area (Å²) < 4.78 is 10.1. The average molecular weight is 237 g/mol. The van der Waals surface area contributed by atoms with Gasteiger partial charge in [-0.2, -0.15) is 0 Å². The van der Waals surface area contributed by atoms with E-state index in [0.717, 1.165) is 0 Å². The number of carbonyl (C=O) groups excluding carboxylic acids is 1. The first-order chi connectivity index (χ1) is 7.75. The summed E-state index contributed by atoms with van der Waals surface area (Å²) in [7, 11) is 0. The van der Waals surface area contributed by atoms with Crippen LogP contribution in [0.2, 0.25) is 5.02 Å². The fourth-order valence-corrected chi connectivity index (χ4v) is 1.33. The molecule has 82 valence electrons. The highest BCUT2D eigenvalue weighted by Crippen LogP contribution is 2.11. The van der Waals surface area contributed by atoms with Crippen LogP contribution in [-0.4, -0.2) is 5.97 Å². The van der Waals surface area contributed by atoms with E-state index in [1.807, 2.05) is 0 Å². The van der Waals surface area contributed by atoms with E-state index < -0.39 is 5.97 Å². The van der Waals surface area contributed by atoms with Gasteiger partial charge in [-0.25, -0.2) is 4.79 Å². The van der Waals surface area contributed by atoms with Gasteiger partial charge in [-0.3, -0.25) is 0 Å². The van der Waals surface area contributed by atoms with E-state index in [-0.39, 0.29) is 6.61 Å². The molecule has 0 aliphatic rings. The van der Waals surface area contributed by atoms with Gasteiger partial charge in [0.2, 0.25) is 0 Å². The third kappa shape index (κ3) is 2.64. The highest BCUT2D eigenvalue weighted by atomic mass is 35.5. The van der Waals surface area contributed by atoms with Crippen LogP contribution in [0.1, 0.15) is 16.1 Å². The number of halogens is 1. The third-order valence-electron chi connectivity index (χ3n) is 2.01. The maximum Gasteiger partial charge on any atom is 0.338 e. The van der Waals surface area contributed by atoms with Gasteiger partial charge in [0.25, 0.3) is 0 Å². The Bertz CT molecular complexity index is 460. The lowest BCUT2D eigenvalue weighted by Gasteiger charge is -2.02. The van der Waals surface area contributed by atoms with Crippen LogP contribution in [0, 0.1) is 0 Å². The molecule has 0 bridgehead atoms. The SMILES string of the molecule is O=C(OCc1ccco1)c1ccc(Cl)cc1. The summed E-state index contributed by atoms with van der Waals surface area (Å²) in [5.74, 6) is 0.218. The third-order valence-corrected chi connectivity index (χ3v) is 2.26. The van der Waals surface area contributed by atoms with Crippen molar-refractivity contribution in [1.82, 2.24) is 0 Å². The van der Waals surface area contributed by atoms with Gasteiger partial charge in [-0.1, -0.05) is 11.6 Å². The molecule has 1 heterocycles. The Balaban J connectivity index is 1.95. The molecular weight excluding hydrogens is 228 g/mol. The number of ether oxygens (including phenoxy) is 1. The molecule has 4 heteroatoms. The van der Waals surface area contributed by atoms with Crippen LogP contribution >= 0.6 is 11.6 Å². The van der Waals surface area contributed by atoms with Gasteiger partial charge in [-0.15, -0.1) is 0 Å². The second-order valence-corrected chi connectivity index (χ2v) is 3.60. The highest BCUT2D eigenvalue weighted by Gasteiger charge is 2.07. The number of rotatable bonds is 3. The fourth-order valence-electron chi connectivity index (χ4n) is 1.20. The molecule has 0 N–H and O–H groups in total. The van der Waals surface area contributed by atoms with Gasteiger partial charge < -0.3 is 9.15 Å². The molecule has 0 atom stereocenters. The van der Waals surface area contributed by atoms with Crippen LogP contribution in [0.4, 0.5) is 0 Å². The smallest absolute Gasteiger partial charge is 0.338 e. The Morgan fingerprint density at radius 2 is 2.00 bits per heavy atom. The van der Waals surface area contributed by atoms with Crippen molar-refractivity contribution in [3.63, 3.8) is 0 Å². The average Bonchev–Trinajstić information content (AvgIpc) is 2.80. The van der Waals surface area contributed by atoms with E-state index in [4.69, 9.17) is 20.8 Å². The summed E-state index contributed by atoms with van der Waals surface area (Å²) in [6.07, 6.45) is 1.53. The van der Waals surface area contributed by atoms with Crippen molar-refractivity contribution in [2.75, 3.05) is 0 Å². The van der Waals surface area contributed by atoms with E-state index in [9.17, 15) is 4.79 Å². The number of benzene rings is 1. The molecule has 3 nitrogen and oxygen atoms in total. The Hall–Kier alpha value is -1.74. The van der Waals surface area contributed by atoms with Gasteiger partial charge in [0.1, 0.15) is 12.4 Å². The molecule has 0 saturated heterocycles. The molecule has 1 aromatic heterocycles. The molecule has 0 spiro atoms. The fraction of sp³-hybridized carbons (Fsp3) is 0.0833. The normalized spacial score (nSPS) is 10.1. The number of esters is 1. The molecular formula is C12H9ClO3. The monoisotopic (exact) mass is 236 g/mol. The Kier molecular flexibility index (Phi) is 3.27. The van der Waals surface area contributed by atoms with Crippen molar-refractivity contribution < 1.29 is 13.9 Å². The predicted octanol–water partition coefficient (Wildman–Crippen LogP) is 3.29. The summed E-state index contributed by atoms with van der Waals surface area (Å²) >= 11 is 5.71. The first-order valence-electron chi connectivity index (χ1n) is 4.71. The van der Waals surface area contributed by atoms with Crippen molar-refractivity contribution in [2.24, 2.45) is 0 Å². The molecule has 0 aliphatic carbocycles. The van der Waals surface area contributed by atoms with E-state index in [1.54, 1.807) is 36.4 Å². The minimum atomic E-state index is -0.395. The van der Waals surface area contributed by atoms with Gasteiger partial charge in [0.05, 0.1) is 11.8 Å². The maximum atomic E-state index is 11.5. The van der Waals surface area contributed by atoms with Gasteiger partial charge in [0.15, 0.2) is 0 Å². The first-order valence-corrected chi connectivity index (χ1v) is 5.08. The van der Waals surface area contributed by atoms with Crippen molar-refractivity contribution in [1.29, 1.82) is 0 Å². The van der Waals surface area contributed by atoms with Crippen LogP contribution in [0.5, 0.6) is 0 Å². The molecule has 2 rings (SSSR count). The van der Waals surface area contributed by atoms with Crippen LogP contribution < -0.4 is 0 Å². The van der Waals surface area contributed by atoms with E-state index in [0.29, 0.717) is 16.3 Å². The highest BCUT2D eigenvalue weighted by molar-refractivity contribution is 6.30. The zero-order valence-corrected chi connectivity index (χ0v) is 9.11. The zero-order valence-electron chi connectivity index (χ0n) is 8.35. The molecule has 0 radical (unpaired) electrons. The van der Waals surface area contributed by atoms with E-state index >= 15 is 0 Å².